The van der Waals surface area contributed by atoms with Crippen LogP contribution >= 0.6 is 11.6 Å². The molecular formula is C18H22ClNO2. The molecule has 1 N–H and O–H groups in total. The fourth-order valence-electron chi connectivity index (χ4n) is 2.24. The van der Waals surface area contributed by atoms with Gasteiger partial charge < -0.3 is 14.8 Å². The number of ether oxygens (including phenoxy) is 2. The minimum absolute atomic E-state index is 0.463. The molecule has 0 aliphatic carbocycles. The molecular weight excluding hydrogens is 298 g/mol. The zero-order chi connectivity index (χ0) is 15.9. The van der Waals surface area contributed by atoms with Crippen molar-refractivity contribution >= 4 is 11.6 Å². The van der Waals surface area contributed by atoms with Crippen LogP contribution in [0.5, 0.6) is 11.5 Å². The van der Waals surface area contributed by atoms with Crippen molar-refractivity contribution in [3.63, 3.8) is 0 Å². The third-order valence-corrected chi connectivity index (χ3v) is 3.61. The first-order chi connectivity index (χ1) is 10.6. The van der Waals surface area contributed by atoms with Crippen LogP contribution in [-0.2, 0) is 13.2 Å². The van der Waals surface area contributed by atoms with Gasteiger partial charge in [0, 0.05) is 6.54 Å². The Balaban J connectivity index is 2.15. The van der Waals surface area contributed by atoms with Gasteiger partial charge in [0.1, 0.15) is 6.61 Å². The fourth-order valence-corrected chi connectivity index (χ4v) is 2.53. The Labute approximate surface area is 137 Å². The summed E-state index contributed by atoms with van der Waals surface area (Å²) in [6.45, 7) is 6.26. The topological polar surface area (TPSA) is 30.5 Å². The molecule has 2 rings (SSSR count). The van der Waals surface area contributed by atoms with Gasteiger partial charge in [0.25, 0.3) is 0 Å². The van der Waals surface area contributed by atoms with Gasteiger partial charge in [-0.05, 0) is 36.7 Å². The van der Waals surface area contributed by atoms with Gasteiger partial charge in [0.2, 0.25) is 0 Å². The smallest absolute Gasteiger partial charge is 0.180 e. The van der Waals surface area contributed by atoms with Crippen LogP contribution in [0.25, 0.3) is 0 Å². The van der Waals surface area contributed by atoms with E-state index in [1.165, 1.54) is 5.56 Å². The highest BCUT2D eigenvalue weighted by Crippen LogP contribution is 2.37. The van der Waals surface area contributed by atoms with Crippen molar-refractivity contribution in [1.29, 1.82) is 0 Å². The van der Waals surface area contributed by atoms with Gasteiger partial charge >= 0.3 is 0 Å². The molecule has 0 saturated heterocycles. The van der Waals surface area contributed by atoms with Crippen molar-refractivity contribution in [3.8, 4) is 11.5 Å². The van der Waals surface area contributed by atoms with E-state index in [0.717, 1.165) is 24.2 Å². The van der Waals surface area contributed by atoms with E-state index >= 15 is 0 Å². The van der Waals surface area contributed by atoms with E-state index in [9.17, 15) is 0 Å². The van der Waals surface area contributed by atoms with Crippen molar-refractivity contribution in [2.24, 2.45) is 0 Å². The van der Waals surface area contributed by atoms with Gasteiger partial charge in [-0.3, -0.25) is 0 Å². The molecule has 0 aliphatic rings. The van der Waals surface area contributed by atoms with Crippen LogP contribution in [-0.4, -0.2) is 13.7 Å². The summed E-state index contributed by atoms with van der Waals surface area (Å²) < 4.78 is 11.3. The minimum Gasteiger partial charge on any atom is -0.493 e. The van der Waals surface area contributed by atoms with Crippen LogP contribution in [0.3, 0.4) is 0 Å². The molecule has 22 heavy (non-hydrogen) atoms. The van der Waals surface area contributed by atoms with Gasteiger partial charge in [-0.15, -0.1) is 0 Å². The Hall–Kier alpha value is -1.71. The predicted octanol–water partition coefficient (Wildman–Crippen LogP) is 4.35. The van der Waals surface area contributed by atoms with Crippen molar-refractivity contribution in [2.75, 3.05) is 13.7 Å². The Morgan fingerprint density at radius 3 is 2.64 bits per heavy atom. The lowest BCUT2D eigenvalue weighted by atomic mass is 10.1. The third-order valence-electron chi connectivity index (χ3n) is 3.33. The molecule has 0 aromatic heterocycles. The monoisotopic (exact) mass is 319 g/mol. The highest BCUT2D eigenvalue weighted by atomic mass is 35.5. The highest BCUT2D eigenvalue weighted by Gasteiger charge is 2.12. The van der Waals surface area contributed by atoms with Crippen molar-refractivity contribution < 1.29 is 9.47 Å². The molecule has 0 heterocycles. The lowest BCUT2D eigenvalue weighted by Gasteiger charge is -2.14. The van der Waals surface area contributed by atoms with Gasteiger partial charge in [-0.1, -0.05) is 48.4 Å². The standard InChI is InChI=1S/C18H22ClNO2/c1-4-20-11-15-9-16(19)18(17(10-15)21-3)22-12-14-7-5-6-13(2)8-14/h5-10,20H,4,11-12H2,1-3H3. The molecule has 0 fully saturated rings. The van der Waals surface area contributed by atoms with Gasteiger partial charge in [-0.25, -0.2) is 0 Å². The molecule has 0 amide bonds. The fraction of sp³-hybridized carbons (Fsp3) is 0.333. The first kappa shape index (κ1) is 16.7. The number of methoxy groups -OCH3 is 1. The summed E-state index contributed by atoms with van der Waals surface area (Å²) in [5.41, 5.74) is 3.39. The van der Waals surface area contributed by atoms with Crippen LogP contribution in [0.4, 0.5) is 0 Å². The van der Waals surface area contributed by atoms with Crippen molar-refractivity contribution in [1.82, 2.24) is 5.32 Å². The number of aryl methyl sites for hydroxylation is 1. The molecule has 0 saturated carbocycles. The number of nitrogens with one attached hydrogen (secondary N) is 1. The van der Waals surface area contributed by atoms with Crippen LogP contribution in [0.15, 0.2) is 36.4 Å². The molecule has 0 radical (unpaired) electrons. The van der Waals surface area contributed by atoms with Crippen molar-refractivity contribution in [3.05, 3.63) is 58.1 Å². The zero-order valence-electron chi connectivity index (χ0n) is 13.3. The molecule has 0 bridgehead atoms. The summed E-state index contributed by atoms with van der Waals surface area (Å²) in [6.07, 6.45) is 0. The van der Waals surface area contributed by atoms with E-state index < -0.39 is 0 Å². The summed E-state index contributed by atoms with van der Waals surface area (Å²) in [5.74, 6) is 1.25. The maximum atomic E-state index is 6.36. The number of halogens is 1. The summed E-state index contributed by atoms with van der Waals surface area (Å²) >= 11 is 6.36. The second kappa shape index (κ2) is 8.06. The molecule has 2 aromatic carbocycles. The summed E-state index contributed by atoms with van der Waals surface area (Å²) in [7, 11) is 1.63. The molecule has 0 spiro atoms. The summed E-state index contributed by atoms with van der Waals surface area (Å²) in [4.78, 5) is 0. The Kier molecular flexibility index (Phi) is 6.10. The molecule has 0 aliphatic heterocycles. The van der Waals surface area contributed by atoms with E-state index in [1.54, 1.807) is 7.11 Å². The average molecular weight is 320 g/mol. The minimum atomic E-state index is 0.463. The first-order valence-electron chi connectivity index (χ1n) is 7.39. The highest BCUT2D eigenvalue weighted by molar-refractivity contribution is 6.32. The normalized spacial score (nSPS) is 10.5. The Morgan fingerprint density at radius 1 is 1.14 bits per heavy atom. The van der Waals surface area contributed by atoms with Gasteiger partial charge in [0.05, 0.1) is 12.1 Å². The predicted molar refractivity (Wildman–Crippen MR) is 90.9 cm³/mol. The van der Waals surface area contributed by atoms with Crippen LogP contribution in [0, 0.1) is 6.92 Å². The van der Waals surface area contributed by atoms with E-state index in [1.807, 2.05) is 24.3 Å². The number of benzene rings is 2. The number of hydrogen-bond acceptors (Lipinski definition) is 3. The quantitative estimate of drug-likeness (QED) is 0.823. The van der Waals surface area contributed by atoms with Crippen LogP contribution < -0.4 is 14.8 Å². The van der Waals surface area contributed by atoms with Crippen LogP contribution in [0.2, 0.25) is 5.02 Å². The van der Waals surface area contributed by atoms with E-state index in [-0.39, 0.29) is 0 Å². The van der Waals surface area contributed by atoms with E-state index in [2.05, 4.69) is 31.3 Å². The second-order valence-electron chi connectivity index (χ2n) is 5.17. The third kappa shape index (κ3) is 4.39. The molecule has 3 nitrogen and oxygen atoms in total. The van der Waals surface area contributed by atoms with Crippen molar-refractivity contribution in [2.45, 2.75) is 27.0 Å². The Bertz CT molecular complexity index is 628. The van der Waals surface area contributed by atoms with E-state index in [4.69, 9.17) is 21.1 Å². The van der Waals surface area contributed by atoms with Gasteiger partial charge in [-0.2, -0.15) is 0 Å². The molecule has 118 valence electrons. The maximum Gasteiger partial charge on any atom is 0.180 e. The first-order valence-corrected chi connectivity index (χ1v) is 7.77. The SMILES string of the molecule is CCNCc1cc(Cl)c(OCc2cccc(C)c2)c(OC)c1. The zero-order valence-corrected chi connectivity index (χ0v) is 14.0. The molecule has 2 aromatic rings. The lowest BCUT2D eigenvalue weighted by Crippen LogP contribution is -2.12. The van der Waals surface area contributed by atoms with Gasteiger partial charge in [0.15, 0.2) is 11.5 Å². The second-order valence-corrected chi connectivity index (χ2v) is 5.57. The molecule has 0 unspecified atom stereocenters. The number of hydrogen-bond donors (Lipinski definition) is 1. The van der Waals surface area contributed by atoms with Crippen LogP contribution in [0.1, 0.15) is 23.6 Å². The largest absolute Gasteiger partial charge is 0.493 e. The summed E-state index contributed by atoms with van der Waals surface area (Å²) in [5, 5.41) is 3.84. The Morgan fingerprint density at radius 2 is 1.95 bits per heavy atom. The average Bonchev–Trinajstić information content (AvgIpc) is 2.51. The lowest BCUT2D eigenvalue weighted by molar-refractivity contribution is 0.284. The maximum absolute atomic E-state index is 6.36. The molecule has 4 heteroatoms. The van der Waals surface area contributed by atoms with E-state index in [0.29, 0.717) is 23.1 Å². The molecule has 0 atom stereocenters. The summed E-state index contributed by atoms with van der Waals surface area (Å²) in [6, 6.07) is 12.1. The number of rotatable bonds is 7.